The monoisotopic (exact) mass is 440 g/mol. The number of carbonyl (C=O) groups excluding carboxylic acids is 2. The van der Waals surface area contributed by atoms with Gasteiger partial charge in [0.25, 0.3) is 5.91 Å². The summed E-state index contributed by atoms with van der Waals surface area (Å²) in [6.45, 7) is 5.21. The van der Waals surface area contributed by atoms with Gasteiger partial charge >= 0.3 is 0 Å². The quantitative estimate of drug-likeness (QED) is 0.538. The van der Waals surface area contributed by atoms with Crippen LogP contribution in [0.4, 0.5) is 0 Å². The molecule has 0 aliphatic heterocycles. The van der Waals surface area contributed by atoms with Gasteiger partial charge in [0, 0.05) is 50.1 Å². The Kier molecular flexibility index (Phi) is 7.78. The van der Waals surface area contributed by atoms with Crippen LogP contribution in [0.15, 0.2) is 59.4 Å². The minimum absolute atomic E-state index is 0.137. The van der Waals surface area contributed by atoms with E-state index in [0.717, 1.165) is 5.56 Å². The van der Waals surface area contributed by atoms with E-state index < -0.39 is 0 Å². The molecule has 1 N–H and O–H groups in total. The Labute approximate surface area is 186 Å². The van der Waals surface area contributed by atoms with Crippen LogP contribution in [-0.4, -0.2) is 39.9 Å². The maximum atomic E-state index is 13.0. The summed E-state index contributed by atoms with van der Waals surface area (Å²) in [7, 11) is 0. The van der Waals surface area contributed by atoms with Gasteiger partial charge in [-0.15, -0.1) is 0 Å². The van der Waals surface area contributed by atoms with Crippen molar-refractivity contribution in [1.29, 1.82) is 0 Å². The number of benzene rings is 1. The predicted octanol–water partition coefficient (Wildman–Crippen LogP) is 4.19. The first-order valence-corrected chi connectivity index (χ1v) is 10.5. The molecule has 2 heterocycles. The first kappa shape index (κ1) is 22.5. The highest BCUT2D eigenvalue weighted by molar-refractivity contribution is 6.33. The molecule has 31 heavy (non-hydrogen) atoms. The fraction of sp³-hybridized carbons (Fsp3) is 0.304. The molecule has 7 nitrogen and oxygen atoms in total. The van der Waals surface area contributed by atoms with Gasteiger partial charge in [0.05, 0.1) is 5.02 Å². The molecule has 8 heteroatoms. The number of hydrogen-bond donors (Lipinski definition) is 1. The molecule has 162 valence electrons. The summed E-state index contributed by atoms with van der Waals surface area (Å²) in [5.74, 6) is 0.239. The minimum Gasteiger partial charge on any atom is -0.355 e. The Morgan fingerprint density at radius 3 is 2.71 bits per heavy atom. The smallest absolute Gasteiger partial charge is 0.276 e. The maximum Gasteiger partial charge on any atom is 0.276 e. The van der Waals surface area contributed by atoms with Crippen LogP contribution < -0.4 is 5.32 Å². The zero-order valence-corrected chi connectivity index (χ0v) is 18.3. The maximum absolute atomic E-state index is 13.0. The van der Waals surface area contributed by atoms with Crippen molar-refractivity contribution in [2.75, 3.05) is 13.1 Å². The van der Waals surface area contributed by atoms with Gasteiger partial charge < -0.3 is 14.7 Å². The van der Waals surface area contributed by atoms with Crippen molar-refractivity contribution in [2.45, 2.75) is 26.8 Å². The van der Waals surface area contributed by atoms with Gasteiger partial charge in [-0.3, -0.25) is 14.6 Å². The van der Waals surface area contributed by atoms with Crippen molar-refractivity contribution < 1.29 is 14.1 Å². The standard InChI is InChI=1S/C23H25ClN4O3/c1-16(2)15-28(11-9-22(29)26-14-17-6-5-10-25-13-17)23(30)20-12-21(31-27-20)18-7-3-4-8-19(18)24/h3-8,10,12-13,16H,9,11,14-15H2,1-2H3,(H,26,29). The summed E-state index contributed by atoms with van der Waals surface area (Å²) in [4.78, 5) is 31.0. The number of hydrogen-bond acceptors (Lipinski definition) is 5. The molecule has 3 aromatic rings. The molecular weight excluding hydrogens is 416 g/mol. The van der Waals surface area contributed by atoms with Crippen molar-refractivity contribution >= 4 is 23.4 Å². The summed E-state index contributed by atoms with van der Waals surface area (Å²) in [6, 6.07) is 12.5. The average Bonchev–Trinajstić information content (AvgIpc) is 3.25. The molecular formula is C23H25ClN4O3. The zero-order chi connectivity index (χ0) is 22.2. The van der Waals surface area contributed by atoms with Gasteiger partial charge in [-0.25, -0.2) is 0 Å². The number of nitrogens with one attached hydrogen (secondary N) is 1. The van der Waals surface area contributed by atoms with E-state index in [1.165, 1.54) is 0 Å². The number of nitrogens with zero attached hydrogens (tertiary/aromatic N) is 3. The Balaban J connectivity index is 1.63. The highest BCUT2D eigenvalue weighted by Gasteiger charge is 2.22. The number of rotatable bonds is 9. The third kappa shape index (κ3) is 6.39. The molecule has 3 rings (SSSR count). The molecule has 0 fully saturated rings. The van der Waals surface area contributed by atoms with Crippen LogP contribution in [0, 0.1) is 5.92 Å². The van der Waals surface area contributed by atoms with Gasteiger partial charge in [-0.05, 0) is 29.7 Å². The van der Waals surface area contributed by atoms with Crippen molar-refractivity contribution in [3.63, 3.8) is 0 Å². The van der Waals surface area contributed by atoms with Crippen LogP contribution in [0.3, 0.4) is 0 Å². The predicted molar refractivity (Wildman–Crippen MR) is 118 cm³/mol. The zero-order valence-electron chi connectivity index (χ0n) is 17.5. The Morgan fingerprint density at radius 1 is 1.19 bits per heavy atom. The van der Waals surface area contributed by atoms with Gasteiger partial charge in [0.2, 0.25) is 5.91 Å². The molecule has 2 amide bonds. The lowest BCUT2D eigenvalue weighted by Crippen LogP contribution is -2.37. The lowest BCUT2D eigenvalue weighted by atomic mass is 10.1. The molecule has 0 saturated heterocycles. The first-order valence-electron chi connectivity index (χ1n) is 10.1. The van der Waals surface area contributed by atoms with E-state index in [1.54, 1.807) is 35.5 Å². The van der Waals surface area contributed by atoms with Gasteiger partial charge in [-0.2, -0.15) is 0 Å². The molecule has 2 aromatic heterocycles. The van der Waals surface area contributed by atoms with Crippen LogP contribution in [0.1, 0.15) is 36.3 Å². The summed E-state index contributed by atoms with van der Waals surface area (Å²) in [5, 5.41) is 7.30. The summed E-state index contributed by atoms with van der Waals surface area (Å²) >= 11 is 6.21. The van der Waals surface area contributed by atoms with E-state index in [4.69, 9.17) is 16.1 Å². The second-order valence-electron chi connectivity index (χ2n) is 7.59. The number of aromatic nitrogens is 2. The SMILES string of the molecule is CC(C)CN(CCC(=O)NCc1cccnc1)C(=O)c1cc(-c2ccccc2Cl)on1. The van der Waals surface area contributed by atoms with Crippen LogP contribution >= 0.6 is 11.6 Å². The van der Waals surface area contributed by atoms with Crippen LogP contribution in [0.2, 0.25) is 5.02 Å². The fourth-order valence-corrected chi connectivity index (χ4v) is 3.30. The van der Waals surface area contributed by atoms with E-state index in [1.807, 2.05) is 38.1 Å². The molecule has 0 atom stereocenters. The van der Waals surface area contributed by atoms with E-state index in [2.05, 4.69) is 15.5 Å². The minimum atomic E-state index is -0.282. The summed E-state index contributed by atoms with van der Waals surface area (Å²) < 4.78 is 5.35. The van der Waals surface area contributed by atoms with E-state index in [9.17, 15) is 9.59 Å². The molecule has 0 spiro atoms. The molecule has 0 bridgehead atoms. The molecule has 1 aromatic carbocycles. The number of amides is 2. The second-order valence-corrected chi connectivity index (χ2v) is 8.00. The lowest BCUT2D eigenvalue weighted by molar-refractivity contribution is -0.121. The first-order chi connectivity index (χ1) is 14.9. The highest BCUT2D eigenvalue weighted by atomic mass is 35.5. The average molecular weight is 441 g/mol. The van der Waals surface area contributed by atoms with E-state index >= 15 is 0 Å². The van der Waals surface area contributed by atoms with Crippen LogP contribution in [0.25, 0.3) is 11.3 Å². The number of halogens is 1. The van der Waals surface area contributed by atoms with Crippen molar-refractivity contribution in [3.8, 4) is 11.3 Å². The molecule has 0 aliphatic rings. The molecule has 0 unspecified atom stereocenters. The van der Waals surface area contributed by atoms with E-state index in [0.29, 0.717) is 29.4 Å². The van der Waals surface area contributed by atoms with Gasteiger partial charge in [0.1, 0.15) is 0 Å². The van der Waals surface area contributed by atoms with Crippen molar-refractivity contribution in [2.24, 2.45) is 5.92 Å². The highest BCUT2D eigenvalue weighted by Crippen LogP contribution is 2.28. The Morgan fingerprint density at radius 2 is 2.00 bits per heavy atom. The Bertz CT molecular complexity index is 1020. The molecule has 0 saturated carbocycles. The van der Waals surface area contributed by atoms with Crippen molar-refractivity contribution in [3.05, 3.63) is 71.1 Å². The van der Waals surface area contributed by atoms with Crippen LogP contribution in [0.5, 0.6) is 0 Å². The normalized spacial score (nSPS) is 10.8. The topological polar surface area (TPSA) is 88.3 Å². The van der Waals surface area contributed by atoms with Gasteiger partial charge in [-0.1, -0.05) is 48.8 Å². The third-order valence-electron chi connectivity index (χ3n) is 4.56. The summed E-state index contributed by atoms with van der Waals surface area (Å²) in [5.41, 5.74) is 1.77. The number of pyridine rings is 1. The fourth-order valence-electron chi connectivity index (χ4n) is 3.07. The summed E-state index contributed by atoms with van der Waals surface area (Å²) in [6.07, 6.45) is 3.58. The second kappa shape index (κ2) is 10.7. The number of carbonyl (C=O) groups is 2. The van der Waals surface area contributed by atoms with Crippen LogP contribution in [-0.2, 0) is 11.3 Å². The van der Waals surface area contributed by atoms with Crippen molar-refractivity contribution in [1.82, 2.24) is 20.4 Å². The molecule has 0 aliphatic carbocycles. The third-order valence-corrected chi connectivity index (χ3v) is 4.89. The largest absolute Gasteiger partial charge is 0.355 e. The lowest BCUT2D eigenvalue weighted by Gasteiger charge is -2.23. The molecule has 0 radical (unpaired) electrons. The van der Waals surface area contributed by atoms with E-state index in [-0.39, 0.29) is 36.4 Å². The Hall–Kier alpha value is -3.19. The van der Waals surface area contributed by atoms with Gasteiger partial charge in [0.15, 0.2) is 11.5 Å².